The van der Waals surface area contributed by atoms with Gasteiger partial charge in [-0.15, -0.1) is 0 Å². The number of carbonyl (C=O) groups is 2. The molecule has 2 heterocycles. The number of halogens is 1. The Morgan fingerprint density at radius 2 is 2.12 bits per heavy atom. The minimum Gasteiger partial charge on any atom is -0.370 e. The smallest absolute Gasteiger partial charge is 0.351 e. The maximum Gasteiger partial charge on any atom is 0.351 e. The molecule has 3 N–H and O–H groups in total. The Balaban J connectivity index is 1.81. The number of aromatic nitrogens is 1. The standard InChI is InChI=1S/C24H37BrN6O3/c1-4-19(25)16-28-34-24(33)21(26)12-15-31(17-22(32)30(2)3)14-6-5-9-20-11-10-18-8-7-13-27-23(18)29-20/h4,10-11,16,21H,5-9,12-15,17,26H2,1-3H3,(H,27,29)/b19-4+,28-16+/t21-/m0/s1. The summed E-state index contributed by atoms with van der Waals surface area (Å²) in [5, 5.41) is 7.00. The zero-order chi connectivity index (χ0) is 24.9. The van der Waals surface area contributed by atoms with Gasteiger partial charge in [-0.2, -0.15) is 0 Å². The third-order valence-corrected chi connectivity index (χ3v) is 6.28. The van der Waals surface area contributed by atoms with Crippen LogP contribution in [0.2, 0.25) is 0 Å². The van der Waals surface area contributed by atoms with Gasteiger partial charge in [0.2, 0.25) is 5.91 Å². The Hall–Kier alpha value is -2.30. The van der Waals surface area contributed by atoms with Crippen LogP contribution in [0.25, 0.3) is 0 Å². The fraction of sp³-hybridized carbons (Fsp3) is 0.583. The van der Waals surface area contributed by atoms with E-state index in [2.05, 4.69) is 38.5 Å². The van der Waals surface area contributed by atoms with Crippen molar-refractivity contribution in [3.05, 3.63) is 33.9 Å². The summed E-state index contributed by atoms with van der Waals surface area (Å²) in [6.45, 7) is 4.33. The molecule has 1 aliphatic rings. The summed E-state index contributed by atoms with van der Waals surface area (Å²) in [6.07, 6.45) is 8.52. The van der Waals surface area contributed by atoms with E-state index < -0.39 is 12.0 Å². The van der Waals surface area contributed by atoms with Crippen molar-refractivity contribution in [1.29, 1.82) is 0 Å². The van der Waals surface area contributed by atoms with Crippen molar-refractivity contribution < 1.29 is 14.4 Å². The average molecular weight is 538 g/mol. The molecule has 0 aliphatic carbocycles. The lowest BCUT2D eigenvalue weighted by Gasteiger charge is -2.24. The van der Waals surface area contributed by atoms with Crippen molar-refractivity contribution in [3.8, 4) is 0 Å². The summed E-state index contributed by atoms with van der Waals surface area (Å²) in [5.74, 6) is 0.434. The van der Waals surface area contributed by atoms with Crippen molar-refractivity contribution in [2.75, 3.05) is 45.6 Å². The van der Waals surface area contributed by atoms with Crippen LogP contribution in [0.5, 0.6) is 0 Å². The number of hydrogen-bond acceptors (Lipinski definition) is 8. The van der Waals surface area contributed by atoms with Crippen LogP contribution in [-0.2, 0) is 27.3 Å². The summed E-state index contributed by atoms with van der Waals surface area (Å²) in [5.41, 5.74) is 8.35. The largest absolute Gasteiger partial charge is 0.370 e. The van der Waals surface area contributed by atoms with Gasteiger partial charge < -0.3 is 20.8 Å². The molecule has 0 unspecified atom stereocenters. The van der Waals surface area contributed by atoms with E-state index in [1.807, 2.05) is 11.8 Å². The molecule has 1 aliphatic heterocycles. The molecule has 0 radical (unpaired) electrons. The number of allylic oxidation sites excluding steroid dienone is 2. The minimum absolute atomic E-state index is 0.0133. The van der Waals surface area contributed by atoms with Gasteiger partial charge in [0, 0.05) is 37.4 Å². The Morgan fingerprint density at radius 3 is 2.85 bits per heavy atom. The fourth-order valence-electron chi connectivity index (χ4n) is 3.46. The normalized spacial score (nSPS) is 14.6. The van der Waals surface area contributed by atoms with E-state index >= 15 is 0 Å². The minimum atomic E-state index is -0.814. The van der Waals surface area contributed by atoms with Crippen LogP contribution in [0.1, 0.15) is 43.9 Å². The first-order chi connectivity index (χ1) is 16.3. The van der Waals surface area contributed by atoms with Crippen molar-refractivity contribution in [2.24, 2.45) is 10.9 Å². The Labute approximate surface area is 210 Å². The van der Waals surface area contributed by atoms with Gasteiger partial charge in [0.25, 0.3) is 0 Å². The predicted octanol–water partition coefficient (Wildman–Crippen LogP) is 2.70. The zero-order valence-corrected chi connectivity index (χ0v) is 22.0. The highest BCUT2D eigenvalue weighted by atomic mass is 79.9. The third-order valence-electron chi connectivity index (χ3n) is 5.62. The van der Waals surface area contributed by atoms with E-state index in [9.17, 15) is 9.59 Å². The number of likely N-dealkylation sites (N-methyl/N-ethyl adjacent to an activating group) is 1. The highest BCUT2D eigenvalue weighted by Gasteiger charge is 2.19. The van der Waals surface area contributed by atoms with E-state index in [-0.39, 0.29) is 12.5 Å². The van der Waals surface area contributed by atoms with Gasteiger partial charge in [0.1, 0.15) is 11.9 Å². The van der Waals surface area contributed by atoms with E-state index in [1.165, 1.54) is 11.8 Å². The van der Waals surface area contributed by atoms with Gasteiger partial charge in [-0.05, 0) is 79.6 Å². The molecule has 2 rings (SSSR count). The van der Waals surface area contributed by atoms with Crippen molar-refractivity contribution in [3.63, 3.8) is 0 Å². The number of carbonyl (C=O) groups excluding carboxylic acids is 2. The molecule has 188 valence electrons. The number of nitrogens with one attached hydrogen (secondary N) is 1. The molecule has 0 fully saturated rings. The van der Waals surface area contributed by atoms with Gasteiger partial charge >= 0.3 is 5.97 Å². The van der Waals surface area contributed by atoms with Crippen LogP contribution in [0.15, 0.2) is 27.8 Å². The number of unbranched alkanes of at least 4 members (excludes halogenated alkanes) is 1. The molecule has 0 spiro atoms. The van der Waals surface area contributed by atoms with E-state index in [4.69, 9.17) is 15.6 Å². The molecule has 0 saturated carbocycles. The van der Waals surface area contributed by atoms with Crippen molar-refractivity contribution in [1.82, 2.24) is 14.8 Å². The fourth-order valence-corrected chi connectivity index (χ4v) is 3.55. The molecule has 9 nitrogen and oxygen atoms in total. The van der Waals surface area contributed by atoms with Crippen LogP contribution >= 0.6 is 15.9 Å². The number of nitrogens with zero attached hydrogens (tertiary/aromatic N) is 4. The molecule has 0 bridgehead atoms. The molecule has 10 heteroatoms. The number of anilines is 1. The third kappa shape index (κ3) is 9.90. The summed E-state index contributed by atoms with van der Waals surface area (Å²) >= 11 is 3.25. The average Bonchev–Trinajstić information content (AvgIpc) is 2.84. The highest BCUT2D eigenvalue weighted by molar-refractivity contribution is 9.12. The van der Waals surface area contributed by atoms with Crippen molar-refractivity contribution in [2.45, 2.75) is 51.5 Å². The number of rotatable bonds is 13. The molecule has 1 aromatic rings. The van der Waals surface area contributed by atoms with Crippen LogP contribution in [-0.4, -0.2) is 79.2 Å². The molecule has 0 aromatic carbocycles. The number of aryl methyl sites for hydroxylation is 2. The Bertz CT molecular complexity index is 874. The maximum absolute atomic E-state index is 12.3. The Morgan fingerprint density at radius 1 is 1.32 bits per heavy atom. The van der Waals surface area contributed by atoms with Gasteiger partial charge in [0.15, 0.2) is 0 Å². The molecule has 34 heavy (non-hydrogen) atoms. The van der Waals surface area contributed by atoms with Gasteiger partial charge in [0.05, 0.1) is 12.8 Å². The monoisotopic (exact) mass is 536 g/mol. The number of fused-ring (bicyclic) bond motifs is 1. The van der Waals surface area contributed by atoms with Crippen LogP contribution in [0.3, 0.4) is 0 Å². The van der Waals surface area contributed by atoms with E-state index in [1.54, 1.807) is 25.1 Å². The lowest BCUT2D eigenvalue weighted by Crippen LogP contribution is -2.41. The molecular formula is C24H37BrN6O3. The van der Waals surface area contributed by atoms with Gasteiger partial charge in [-0.3, -0.25) is 9.69 Å². The predicted molar refractivity (Wildman–Crippen MR) is 139 cm³/mol. The Kier molecular flexibility index (Phi) is 12.2. The SMILES string of the molecule is C/C=C(Br)\C=N\OC(=O)[C@@H](N)CCN(CCCCc1ccc2c(n1)NCCC2)CC(=O)N(C)C. The zero-order valence-electron chi connectivity index (χ0n) is 20.4. The number of hydrogen-bond donors (Lipinski definition) is 2. The summed E-state index contributed by atoms with van der Waals surface area (Å²) in [4.78, 5) is 37.5. The molecular weight excluding hydrogens is 500 g/mol. The molecule has 1 aromatic heterocycles. The quantitative estimate of drug-likeness (QED) is 0.172. The summed E-state index contributed by atoms with van der Waals surface area (Å²) < 4.78 is 0.698. The second-order valence-corrected chi connectivity index (χ2v) is 9.49. The second kappa shape index (κ2) is 14.9. The molecule has 0 saturated heterocycles. The first-order valence-corrected chi connectivity index (χ1v) is 12.6. The number of amides is 1. The summed E-state index contributed by atoms with van der Waals surface area (Å²) in [6, 6.07) is 3.47. The number of pyridine rings is 1. The van der Waals surface area contributed by atoms with Crippen molar-refractivity contribution >= 4 is 39.8 Å². The first-order valence-electron chi connectivity index (χ1n) is 11.8. The number of oxime groups is 1. The second-order valence-electron chi connectivity index (χ2n) is 8.58. The molecule has 1 atom stereocenters. The highest BCUT2D eigenvalue weighted by Crippen LogP contribution is 2.20. The summed E-state index contributed by atoms with van der Waals surface area (Å²) in [7, 11) is 3.47. The van der Waals surface area contributed by atoms with Crippen LogP contribution in [0.4, 0.5) is 5.82 Å². The lowest BCUT2D eigenvalue weighted by molar-refractivity contribution is -0.145. The lowest BCUT2D eigenvalue weighted by atomic mass is 10.1. The number of nitrogens with two attached hydrogens (primary N) is 1. The van der Waals surface area contributed by atoms with E-state index in [0.29, 0.717) is 17.4 Å². The van der Waals surface area contributed by atoms with Crippen LogP contribution in [0, 0.1) is 0 Å². The van der Waals surface area contributed by atoms with Crippen LogP contribution < -0.4 is 11.1 Å². The first kappa shape index (κ1) is 27.9. The van der Waals surface area contributed by atoms with E-state index in [0.717, 1.165) is 56.7 Å². The maximum atomic E-state index is 12.3. The molecule has 1 amide bonds. The van der Waals surface area contributed by atoms with Gasteiger partial charge in [-0.1, -0.05) is 17.3 Å². The topological polar surface area (TPSA) is 113 Å². The van der Waals surface area contributed by atoms with Gasteiger partial charge in [-0.25, -0.2) is 9.78 Å².